The molecule has 3 nitrogen and oxygen atoms in total. The molecule has 0 radical (unpaired) electrons. The number of rotatable bonds is 9. The fourth-order valence-corrected chi connectivity index (χ4v) is 1.37. The molecular formula is C11H26N2O. The Morgan fingerprint density at radius 3 is 2.50 bits per heavy atom. The fraction of sp³-hybridized carbons (Fsp3) is 1.00. The smallest absolute Gasteiger partial charge is 0.0667 e. The van der Waals surface area contributed by atoms with E-state index in [2.05, 4.69) is 31.0 Å². The Hall–Kier alpha value is -0.120. The Morgan fingerprint density at radius 2 is 2.00 bits per heavy atom. The summed E-state index contributed by atoms with van der Waals surface area (Å²) in [4.78, 5) is 2.46. The Bertz CT molecular complexity index is 120. The summed E-state index contributed by atoms with van der Waals surface area (Å²) >= 11 is 0. The molecule has 3 heteroatoms. The second-order valence-electron chi connectivity index (χ2n) is 3.68. The summed E-state index contributed by atoms with van der Waals surface area (Å²) in [5.41, 5.74) is 0. The summed E-state index contributed by atoms with van der Waals surface area (Å²) in [6, 6.07) is 0. The summed E-state index contributed by atoms with van der Waals surface area (Å²) in [6.45, 7) is 12.0. The highest BCUT2D eigenvalue weighted by Crippen LogP contribution is 1.89. The SMILES string of the molecule is CCCN(CC)CCNCC(C)OC. The number of ether oxygens (including phenoxy) is 1. The van der Waals surface area contributed by atoms with Gasteiger partial charge >= 0.3 is 0 Å². The van der Waals surface area contributed by atoms with Crippen molar-refractivity contribution in [2.24, 2.45) is 0 Å². The highest BCUT2D eigenvalue weighted by Gasteiger charge is 2.01. The van der Waals surface area contributed by atoms with Crippen molar-refractivity contribution >= 4 is 0 Å². The van der Waals surface area contributed by atoms with Crippen molar-refractivity contribution in [2.45, 2.75) is 33.3 Å². The minimum absolute atomic E-state index is 0.316. The minimum atomic E-state index is 0.316. The second-order valence-corrected chi connectivity index (χ2v) is 3.68. The average molecular weight is 202 g/mol. The van der Waals surface area contributed by atoms with E-state index in [4.69, 9.17) is 4.74 Å². The lowest BCUT2D eigenvalue weighted by molar-refractivity contribution is 0.116. The topological polar surface area (TPSA) is 24.5 Å². The number of methoxy groups -OCH3 is 1. The van der Waals surface area contributed by atoms with Crippen molar-refractivity contribution in [1.29, 1.82) is 0 Å². The Kier molecular flexibility index (Phi) is 9.35. The molecular weight excluding hydrogens is 176 g/mol. The number of nitrogens with one attached hydrogen (secondary N) is 1. The third kappa shape index (κ3) is 7.30. The number of likely N-dealkylation sites (N-methyl/N-ethyl adjacent to an activating group) is 1. The predicted octanol–water partition coefficient (Wildman–Crippen LogP) is 1.34. The van der Waals surface area contributed by atoms with Gasteiger partial charge in [0.15, 0.2) is 0 Å². The molecule has 14 heavy (non-hydrogen) atoms. The van der Waals surface area contributed by atoms with E-state index < -0.39 is 0 Å². The van der Waals surface area contributed by atoms with Gasteiger partial charge in [-0.3, -0.25) is 0 Å². The van der Waals surface area contributed by atoms with E-state index in [9.17, 15) is 0 Å². The zero-order valence-electron chi connectivity index (χ0n) is 10.2. The van der Waals surface area contributed by atoms with Crippen molar-refractivity contribution in [3.63, 3.8) is 0 Å². The minimum Gasteiger partial charge on any atom is -0.380 e. The third-order valence-corrected chi connectivity index (χ3v) is 2.43. The zero-order valence-corrected chi connectivity index (χ0v) is 10.2. The van der Waals surface area contributed by atoms with Gasteiger partial charge < -0.3 is 15.0 Å². The monoisotopic (exact) mass is 202 g/mol. The quantitative estimate of drug-likeness (QED) is 0.571. The normalized spacial score (nSPS) is 13.5. The molecule has 0 heterocycles. The van der Waals surface area contributed by atoms with Gasteiger partial charge in [0.1, 0.15) is 0 Å². The van der Waals surface area contributed by atoms with Crippen LogP contribution >= 0.6 is 0 Å². The molecule has 0 aromatic carbocycles. The third-order valence-electron chi connectivity index (χ3n) is 2.43. The molecule has 0 saturated carbocycles. The van der Waals surface area contributed by atoms with Gasteiger partial charge in [-0.25, -0.2) is 0 Å². The molecule has 0 aromatic heterocycles. The van der Waals surface area contributed by atoms with Crippen LogP contribution in [0.3, 0.4) is 0 Å². The Labute approximate surface area is 88.8 Å². The van der Waals surface area contributed by atoms with E-state index >= 15 is 0 Å². The first-order chi connectivity index (χ1) is 6.74. The van der Waals surface area contributed by atoms with Crippen LogP contribution in [0.1, 0.15) is 27.2 Å². The molecule has 86 valence electrons. The highest BCUT2D eigenvalue weighted by molar-refractivity contribution is 4.59. The van der Waals surface area contributed by atoms with Crippen molar-refractivity contribution in [2.75, 3.05) is 39.8 Å². The maximum atomic E-state index is 5.15. The molecule has 1 N–H and O–H groups in total. The van der Waals surface area contributed by atoms with Gasteiger partial charge in [0, 0.05) is 26.7 Å². The van der Waals surface area contributed by atoms with Crippen LogP contribution in [0.15, 0.2) is 0 Å². The van der Waals surface area contributed by atoms with Gasteiger partial charge in [-0.1, -0.05) is 13.8 Å². The van der Waals surface area contributed by atoms with E-state index in [1.807, 2.05) is 0 Å². The number of nitrogens with zero attached hydrogens (tertiary/aromatic N) is 1. The molecule has 0 aliphatic carbocycles. The molecule has 0 saturated heterocycles. The van der Waals surface area contributed by atoms with Gasteiger partial charge in [-0.15, -0.1) is 0 Å². The molecule has 0 aromatic rings. The molecule has 1 atom stereocenters. The maximum absolute atomic E-state index is 5.15. The lowest BCUT2D eigenvalue weighted by Crippen LogP contribution is -2.35. The van der Waals surface area contributed by atoms with E-state index in [-0.39, 0.29) is 0 Å². The Balaban J connectivity index is 3.32. The van der Waals surface area contributed by atoms with Crippen LogP contribution in [0.4, 0.5) is 0 Å². The highest BCUT2D eigenvalue weighted by atomic mass is 16.5. The lowest BCUT2D eigenvalue weighted by atomic mass is 10.3. The average Bonchev–Trinajstić information content (AvgIpc) is 2.22. The first-order valence-corrected chi connectivity index (χ1v) is 5.70. The first kappa shape index (κ1) is 13.9. The van der Waals surface area contributed by atoms with Gasteiger partial charge in [0.25, 0.3) is 0 Å². The van der Waals surface area contributed by atoms with Crippen molar-refractivity contribution < 1.29 is 4.74 Å². The Morgan fingerprint density at radius 1 is 1.29 bits per heavy atom. The molecule has 0 amide bonds. The predicted molar refractivity (Wildman–Crippen MR) is 61.7 cm³/mol. The van der Waals surface area contributed by atoms with Crippen LogP contribution in [0.2, 0.25) is 0 Å². The molecule has 0 spiro atoms. The summed E-state index contributed by atoms with van der Waals surface area (Å²) < 4.78 is 5.15. The van der Waals surface area contributed by atoms with Crippen molar-refractivity contribution in [3.8, 4) is 0 Å². The summed E-state index contributed by atoms with van der Waals surface area (Å²) in [7, 11) is 1.75. The summed E-state index contributed by atoms with van der Waals surface area (Å²) in [6.07, 6.45) is 1.55. The first-order valence-electron chi connectivity index (χ1n) is 5.70. The van der Waals surface area contributed by atoms with Crippen LogP contribution in [0, 0.1) is 0 Å². The molecule has 0 rings (SSSR count). The fourth-order valence-electron chi connectivity index (χ4n) is 1.37. The molecule has 0 aliphatic heterocycles. The van der Waals surface area contributed by atoms with Crippen LogP contribution in [-0.2, 0) is 4.74 Å². The molecule has 0 bridgehead atoms. The van der Waals surface area contributed by atoms with E-state index in [0.29, 0.717) is 6.10 Å². The van der Waals surface area contributed by atoms with E-state index in [1.165, 1.54) is 13.0 Å². The number of hydrogen-bond acceptors (Lipinski definition) is 3. The van der Waals surface area contributed by atoms with Crippen LogP contribution in [0.5, 0.6) is 0 Å². The van der Waals surface area contributed by atoms with Crippen molar-refractivity contribution in [1.82, 2.24) is 10.2 Å². The second kappa shape index (κ2) is 9.44. The van der Waals surface area contributed by atoms with Gasteiger partial charge in [0.2, 0.25) is 0 Å². The maximum Gasteiger partial charge on any atom is 0.0667 e. The summed E-state index contributed by atoms with van der Waals surface area (Å²) in [5.74, 6) is 0. The van der Waals surface area contributed by atoms with Gasteiger partial charge in [-0.2, -0.15) is 0 Å². The summed E-state index contributed by atoms with van der Waals surface area (Å²) in [5, 5.41) is 3.39. The number of hydrogen-bond donors (Lipinski definition) is 1. The van der Waals surface area contributed by atoms with E-state index in [0.717, 1.165) is 26.2 Å². The van der Waals surface area contributed by atoms with E-state index in [1.54, 1.807) is 7.11 Å². The van der Waals surface area contributed by atoms with Crippen LogP contribution in [0.25, 0.3) is 0 Å². The zero-order chi connectivity index (χ0) is 10.8. The van der Waals surface area contributed by atoms with Crippen LogP contribution in [-0.4, -0.2) is 50.8 Å². The molecule has 0 fully saturated rings. The van der Waals surface area contributed by atoms with Gasteiger partial charge in [-0.05, 0) is 26.4 Å². The van der Waals surface area contributed by atoms with Crippen LogP contribution < -0.4 is 5.32 Å². The van der Waals surface area contributed by atoms with Gasteiger partial charge in [0.05, 0.1) is 6.10 Å². The largest absolute Gasteiger partial charge is 0.380 e. The molecule has 1 unspecified atom stereocenters. The lowest BCUT2D eigenvalue weighted by Gasteiger charge is -2.20. The standard InChI is InChI=1S/C11H26N2O/c1-5-8-13(6-2)9-7-12-10-11(3)14-4/h11-12H,5-10H2,1-4H3. The van der Waals surface area contributed by atoms with Crippen molar-refractivity contribution in [3.05, 3.63) is 0 Å². The molecule has 0 aliphatic rings.